The first kappa shape index (κ1) is 19.1. The number of amides is 2. The summed E-state index contributed by atoms with van der Waals surface area (Å²) in [5.74, 6) is 0.607. The molecule has 2 aromatic carbocycles. The summed E-state index contributed by atoms with van der Waals surface area (Å²) in [5, 5.41) is 7.02. The van der Waals surface area contributed by atoms with Crippen molar-refractivity contribution in [3.8, 4) is 11.4 Å². The van der Waals surface area contributed by atoms with Crippen LogP contribution < -0.4 is 5.32 Å². The zero-order valence-electron chi connectivity index (χ0n) is 16.5. The average Bonchev–Trinajstić information content (AvgIpc) is 3.21. The normalized spacial score (nSPS) is 16.7. The van der Waals surface area contributed by atoms with Crippen LogP contribution in [0, 0.1) is 19.7 Å². The molecule has 0 aliphatic carbocycles. The molecular formula is C22H23FN4O2. The van der Waals surface area contributed by atoms with E-state index >= 15 is 0 Å². The number of hydrogen-bond donors (Lipinski definition) is 1. The summed E-state index contributed by atoms with van der Waals surface area (Å²) in [6.07, 6.45) is 1.73. The number of halogens is 1. The van der Waals surface area contributed by atoms with Crippen molar-refractivity contribution in [2.75, 3.05) is 18.4 Å². The van der Waals surface area contributed by atoms with Crippen molar-refractivity contribution in [1.82, 2.24) is 15.0 Å². The number of carbonyl (C=O) groups excluding carboxylic acids is 1. The number of rotatable bonds is 3. The Balaban J connectivity index is 1.44. The predicted octanol–water partition coefficient (Wildman–Crippen LogP) is 4.90. The molecule has 6 nitrogen and oxygen atoms in total. The van der Waals surface area contributed by atoms with Gasteiger partial charge >= 0.3 is 6.03 Å². The lowest BCUT2D eigenvalue weighted by molar-refractivity contribution is 0.184. The molecule has 1 saturated heterocycles. The SMILES string of the molecule is Cc1ccc(NC(=O)N2CCC[C@@H](c3nc(-c4ccc(F)cc4)no3)C2)c(C)c1. The van der Waals surface area contributed by atoms with E-state index in [-0.39, 0.29) is 17.8 Å². The number of nitrogens with zero attached hydrogens (tertiary/aromatic N) is 3. The Hall–Kier alpha value is -3.22. The predicted molar refractivity (Wildman–Crippen MR) is 108 cm³/mol. The number of aryl methyl sites for hydroxylation is 2. The molecule has 4 rings (SSSR count). The van der Waals surface area contributed by atoms with Gasteiger partial charge in [-0.05, 0) is 62.6 Å². The van der Waals surface area contributed by atoms with Gasteiger partial charge in [-0.25, -0.2) is 9.18 Å². The highest BCUT2D eigenvalue weighted by Gasteiger charge is 2.29. The number of urea groups is 1. The van der Waals surface area contributed by atoms with Gasteiger partial charge in [-0.15, -0.1) is 0 Å². The quantitative estimate of drug-likeness (QED) is 0.686. The van der Waals surface area contributed by atoms with Gasteiger partial charge in [0, 0.05) is 24.3 Å². The van der Waals surface area contributed by atoms with Crippen LogP contribution in [0.2, 0.25) is 0 Å². The fraction of sp³-hybridized carbons (Fsp3) is 0.318. The van der Waals surface area contributed by atoms with Gasteiger partial charge in [-0.1, -0.05) is 22.9 Å². The maximum absolute atomic E-state index is 13.1. The lowest BCUT2D eigenvalue weighted by atomic mass is 9.98. The molecule has 0 spiro atoms. The molecule has 0 saturated carbocycles. The highest BCUT2D eigenvalue weighted by Crippen LogP contribution is 2.28. The van der Waals surface area contributed by atoms with E-state index in [2.05, 4.69) is 15.5 Å². The number of benzene rings is 2. The van der Waals surface area contributed by atoms with Gasteiger partial charge in [0.1, 0.15) is 5.82 Å². The second-order valence-corrected chi connectivity index (χ2v) is 7.50. The molecule has 1 aromatic heterocycles. The van der Waals surface area contributed by atoms with Gasteiger partial charge in [0.25, 0.3) is 0 Å². The first-order valence-electron chi connectivity index (χ1n) is 9.72. The Morgan fingerprint density at radius 2 is 2.00 bits per heavy atom. The monoisotopic (exact) mass is 394 g/mol. The molecule has 1 fully saturated rings. The van der Waals surface area contributed by atoms with E-state index in [0.717, 1.165) is 29.7 Å². The zero-order chi connectivity index (χ0) is 20.4. The maximum Gasteiger partial charge on any atom is 0.321 e. The molecule has 2 heterocycles. The Bertz CT molecular complexity index is 1020. The van der Waals surface area contributed by atoms with Gasteiger partial charge in [-0.2, -0.15) is 4.98 Å². The van der Waals surface area contributed by atoms with Gasteiger partial charge in [0.05, 0.1) is 5.92 Å². The first-order chi connectivity index (χ1) is 14.0. The summed E-state index contributed by atoms with van der Waals surface area (Å²) in [4.78, 5) is 19.0. The lowest BCUT2D eigenvalue weighted by Crippen LogP contribution is -2.41. The lowest BCUT2D eigenvalue weighted by Gasteiger charge is -2.31. The van der Waals surface area contributed by atoms with Crippen molar-refractivity contribution >= 4 is 11.7 Å². The summed E-state index contributed by atoms with van der Waals surface area (Å²) < 4.78 is 18.6. The number of likely N-dealkylation sites (tertiary alicyclic amines) is 1. The van der Waals surface area contributed by atoms with Crippen molar-refractivity contribution in [2.24, 2.45) is 0 Å². The molecule has 0 radical (unpaired) electrons. The van der Waals surface area contributed by atoms with Gasteiger partial charge in [0.2, 0.25) is 11.7 Å². The fourth-order valence-electron chi connectivity index (χ4n) is 3.63. The van der Waals surface area contributed by atoms with Crippen molar-refractivity contribution in [3.05, 3.63) is 65.3 Å². The highest BCUT2D eigenvalue weighted by molar-refractivity contribution is 5.90. The molecule has 29 heavy (non-hydrogen) atoms. The van der Waals surface area contributed by atoms with E-state index in [4.69, 9.17) is 4.52 Å². The molecule has 7 heteroatoms. The van der Waals surface area contributed by atoms with Crippen LogP contribution in [-0.4, -0.2) is 34.2 Å². The van der Waals surface area contributed by atoms with Gasteiger partial charge in [-0.3, -0.25) is 0 Å². The third kappa shape index (κ3) is 4.29. The Labute approximate surface area is 168 Å². The molecule has 0 bridgehead atoms. The zero-order valence-corrected chi connectivity index (χ0v) is 16.5. The van der Waals surface area contributed by atoms with Crippen LogP contribution in [0.1, 0.15) is 35.8 Å². The Morgan fingerprint density at radius 3 is 2.76 bits per heavy atom. The Kier molecular flexibility index (Phi) is 5.29. The number of aromatic nitrogens is 2. The minimum absolute atomic E-state index is 0.0182. The molecule has 3 aromatic rings. The molecule has 2 amide bonds. The summed E-state index contributed by atoms with van der Waals surface area (Å²) in [7, 11) is 0. The average molecular weight is 394 g/mol. The summed E-state index contributed by atoms with van der Waals surface area (Å²) in [6, 6.07) is 11.8. The van der Waals surface area contributed by atoms with E-state index in [0.29, 0.717) is 30.4 Å². The molecule has 1 atom stereocenters. The maximum atomic E-state index is 13.1. The van der Waals surface area contributed by atoms with Crippen LogP contribution in [0.15, 0.2) is 47.0 Å². The van der Waals surface area contributed by atoms with E-state index in [1.807, 2.05) is 32.0 Å². The van der Waals surface area contributed by atoms with Crippen LogP contribution >= 0.6 is 0 Å². The topological polar surface area (TPSA) is 71.3 Å². The third-order valence-corrected chi connectivity index (χ3v) is 5.23. The molecule has 0 unspecified atom stereocenters. The van der Waals surface area contributed by atoms with Crippen molar-refractivity contribution in [1.29, 1.82) is 0 Å². The number of nitrogens with one attached hydrogen (secondary N) is 1. The molecule has 1 aliphatic heterocycles. The van der Waals surface area contributed by atoms with Crippen molar-refractivity contribution in [3.63, 3.8) is 0 Å². The Morgan fingerprint density at radius 1 is 1.21 bits per heavy atom. The summed E-state index contributed by atoms with van der Waals surface area (Å²) in [5.41, 5.74) is 3.71. The van der Waals surface area contributed by atoms with Crippen LogP contribution in [0.4, 0.5) is 14.9 Å². The summed E-state index contributed by atoms with van der Waals surface area (Å²) >= 11 is 0. The largest absolute Gasteiger partial charge is 0.339 e. The summed E-state index contributed by atoms with van der Waals surface area (Å²) in [6.45, 7) is 5.21. The second-order valence-electron chi connectivity index (χ2n) is 7.50. The number of carbonyl (C=O) groups is 1. The standard InChI is InChI=1S/C22H23FN4O2/c1-14-5-10-19(15(2)12-14)24-22(28)27-11-3-4-17(13-27)21-25-20(26-29-21)16-6-8-18(23)9-7-16/h5-10,12,17H,3-4,11,13H2,1-2H3,(H,24,28)/t17-/m1/s1. The van der Waals surface area contributed by atoms with E-state index in [1.54, 1.807) is 17.0 Å². The molecule has 150 valence electrons. The van der Waals surface area contributed by atoms with Crippen LogP contribution in [0.25, 0.3) is 11.4 Å². The molecular weight excluding hydrogens is 371 g/mol. The third-order valence-electron chi connectivity index (χ3n) is 5.23. The van der Waals surface area contributed by atoms with Crippen LogP contribution in [-0.2, 0) is 0 Å². The molecule has 1 aliphatic rings. The second kappa shape index (κ2) is 8.03. The molecule has 1 N–H and O–H groups in total. The fourth-order valence-corrected chi connectivity index (χ4v) is 3.63. The van der Waals surface area contributed by atoms with E-state index in [1.165, 1.54) is 12.1 Å². The highest BCUT2D eigenvalue weighted by atomic mass is 19.1. The van der Waals surface area contributed by atoms with E-state index in [9.17, 15) is 9.18 Å². The number of anilines is 1. The minimum Gasteiger partial charge on any atom is -0.339 e. The first-order valence-corrected chi connectivity index (χ1v) is 9.72. The number of hydrogen-bond acceptors (Lipinski definition) is 4. The van der Waals surface area contributed by atoms with Crippen LogP contribution in [0.3, 0.4) is 0 Å². The smallest absolute Gasteiger partial charge is 0.321 e. The van der Waals surface area contributed by atoms with Crippen molar-refractivity contribution in [2.45, 2.75) is 32.6 Å². The van der Waals surface area contributed by atoms with Gasteiger partial charge < -0.3 is 14.7 Å². The van der Waals surface area contributed by atoms with Gasteiger partial charge in [0.15, 0.2) is 0 Å². The van der Waals surface area contributed by atoms with Crippen LogP contribution in [0.5, 0.6) is 0 Å². The van der Waals surface area contributed by atoms with Crippen molar-refractivity contribution < 1.29 is 13.7 Å². The number of piperidine rings is 1. The minimum atomic E-state index is -0.310. The van der Waals surface area contributed by atoms with E-state index < -0.39 is 0 Å².